The number of fused-ring (bicyclic) bond motifs is 1. The molecular weight excluding hydrogens is 382 g/mol. The summed E-state index contributed by atoms with van der Waals surface area (Å²) in [6.45, 7) is 5.65. The van der Waals surface area contributed by atoms with Crippen LogP contribution in [0.15, 0.2) is 67.5 Å². The fraction of sp³-hybridized carbons (Fsp3) is 0.304. The number of benzene rings is 1. The molecule has 4 rings (SSSR count). The van der Waals surface area contributed by atoms with Crippen molar-refractivity contribution in [2.45, 2.75) is 24.9 Å². The first-order chi connectivity index (χ1) is 14.5. The van der Waals surface area contributed by atoms with Crippen LogP contribution in [0.3, 0.4) is 0 Å². The van der Waals surface area contributed by atoms with Crippen LogP contribution in [0.2, 0.25) is 0 Å². The third kappa shape index (κ3) is 2.93. The van der Waals surface area contributed by atoms with Crippen LogP contribution in [0.1, 0.15) is 24.9 Å². The molecule has 7 nitrogen and oxygen atoms in total. The number of nitrogens with zero attached hydrogens (tertiary/aromatic N) is 2. The second kappa shape index (κ2) is 7.84. The highest BCUT2D eigenvalue weighted by Gasteiger charge is 2.68. The Balaban J connectivity index is 1.86. The number of esters is 1. The second-order valence-electron chi connectivity index (χ2n) is 7.44. The van der Waals surface area contributed by atoms with Gasteiger partial charge in [0, 0.05) is 18.4 Å². The van der Waals surface area contributed by atoms with E-state index in [1.807, 2.05) is 12.1 Å². The van der Waals surface area contributed by atoms with Crippen LogP contribution in [-0.4, -0.2) is 34.9 Å². The Morgan fingerprint density at radius 3 is 2.63 bits per heavy atom. The molecule has 1 aromatic carbocycles. The molecule has 30 heavy (non-hydrogen) atoms. The number of nitrogens with one attached hydrogen (secondary N) is 1. The summed E-state index contributed by atoms with van der Waals surface area (Å²) >= 11 is 0. The molecule has 4 atom stereocenters. The molecular formula is C23H23N3O4. The predicted molar refractivity (Wildman–Crippen MR) is 110 cm³/mol. The zero-order valence-electron chi connectivity index (χ0n) is 16.7. The highest BCUT2D eigenvalue weighted by Crippen LogP contribution is 2.51. The summed E-state index contributed by atoms with van der Waals surface area (Å²) < 4.78 is 5.35. The van der Waals surface area contributed by atoms with Gasteiger partial charge >= 0.3 is 5.97 Å². The molecule has 0 radical (unpaired) electrons. The van der Waals surface area contributed by atoms with E-state index in [4.69, 9.17) is 4.74 Å². The summed E-state index contributed by atoms with van der Waals surface area (Å²) in [5.74, 6) is -2.97. The fourth-order valence-corrected chi connectivity index (χ4v) is 4.63. The van der Waals surface area contributed by atoms with Gasteiger partial charge in [0.25, 0.3) is 0 Å². The van der Waals surface area contributed by atoms with Crippen LogP contribution < -0.4 is 10.2 Å². The molecule has 154 valence electrons. The first-order valence-corrected chi connectivity index (χ1v) is 9.93. The molecule has 2 amide bonds. The molecule has 2 fully saturated rings. The number of carbonyl (C=O) groups excluding carboxylic acids is 3. The van der Waals surface area contributed by atoms with Gasteiger partial charge < -0.3 is 4.74 Å². The van der Waals surface area contributed by atoms with Gasteiger partial charge in [0.05, 0.1) is 24.1 Å². The number of ether oxygens (including phenoxy) is 1. The smallest absolute Gasteiger partial charge is 0.327 e. The van der Waals surface area contributed by atoms with E-state index < -0.39 is 35.3 Å². The topological polar surface area (TPSA) is 88.6 Å². The maximum Gasteiger partial charge on any atom is 0.327 e. The average Bonchev–Trinajstić information content (AvgIpc) is 3.24. The number of hydrogen-bond acceptors (Lipinski definition) is 6. The highest BCUT2D eigenvalue weighted by atomic mass is 16.5. The summed E-state index contributed by atoms with van der Waals surface area (Å²) in [5, 5.41) is 3.29. The third-order valence-electron chi connectivity index (χ3n) is 5.82. The quantitative estimate of drug-likeness (QED) is 0.451. The number of aromatic nitrogens is 1. The number of imide groups is 1. The second-order valence-corrected chi connectivity index (χ2v) is 7.44. The van der Waals surface area contributed by atoms with Gasteiger partial charge in [-0.3, -0.25) is 24.7 Å². The molecule has 2 aromatic rings. The molecule has 0 unspecified atom stereocenters. The number of para-hydroxylation sites is 1. The molecule has 7 heteroatoms. The first kappa shape index (κ1) is 20.0. The minimum Gasteiger partial charge on any atom is -0.465 e. The number of pyridine rings is 1. The molecule has 2 aliphatic rings. The molecule has 0 saturated carbocycles. The van der Waals surface area contributed by atoms with E-state index in [9.17, 15) is 14.4 Å². The lowest BCUT2D eigenvalue weighted by molar-refractivity contribution is -0.154. The number of carbonyl (C=O) groups is 3. The van der Waals surface area contributed by atoms with Crippen molar-refractivity contribution < 1.29 is 19.1 Å². The standard InChI is InChI=1S/C23H23N3O4/c1-3-12-23(22(29)30-4-2)18-17(19(25-23)15-9-8-13-24-14-15)20(27)26(21(18)28)16-10-6-5-7-11-16/h3,5-11,13-14,17-19,25H,1,4,12H2,2H3/t17-,18-,19-,23-/m1/s1. The van der Waals surface area contributed by atoms with Gasteiger partial charge in [-0.15, -0.1) is 6.58 Å². The SMILES string of the molecule is C=CC[C@@]1(C(=O)OCC)N[C@H](c2cccnc2)[C@@H]2C(=O)N(c3ccccc3)C(=O)[C@@H]21. The van der Waals surface area contributed by atoms with E-state index in [0.29, 0.717) is 5.69 Å². The largest absolute Gasteiger partial charge is 0.465 e. The molecule has 0 spiro atoms. The van der Waals surface area contributed by atoms with Crippen molar-refractivity contribution in [1.29, 1.82) is 0 Å². The molecule has 2 saturated heterocycles. The lowest BCUT2D eigenvalue weighted by Gasteiger charge is -2.32. The van der Waals surface area contributed by atoms with E-state index in [2.05, 4.69) is 16.9 Å². The Kier molecular flexibility index (Phi) is 5.22. The Bertz CT molecular complexity index is 978. The van der Waals surface area contributed by atoms with Crippen molar-refractivity contribution in [3.63, 3.8) is 0 Å². The Morgan fingerprint density at radius 2 is 2.00 bits per heavy atom. The summed E-state index contributed by atoms with van der Waals surface area (Å²) in [6, 6.07) is 11.8. The average molecular weight is 405 g/mol. The summed E-state index contributed by atoms with van der Waals surface area (Å²) in [6.07, 6.45) is 5.02. The number of amides is 2. The lowest BCUT2D eigenvalue weighted by Crippen LogP contribution is -2.56. The summed E-state index contributed by atoms with van der Waals surface area (Å²) in [5.41, 5.74) is -0.152. The molecule has 0 aliphatic carbocycles. The van der Waals surface area contributed by atoms with Crippen LogP contribution in [0, 0.1) is 11.8 Å². The zero-order chi connectivity index (χ0) is 21.3. The van der Waals surface area contributed by atoms with Crippen molar-refractivity contribution in [2.75, 3.05) is 11.5 Å². The van der Waals surface area contributed by atoms with Gasteiger partial charge in [0.15, 0.2) is 0 Å². The van der Waals surface area contributed by atoms with Crippen LogP contribution in [-0.2, 0) is 19.1 Å². The Labute approximate surface area is 174 Å². The van der Waals surface area contributed by atoms with Crippen molar-refractivity contribution in [1.82, 2.24) is 10.3 Å². The minimum atomic E-state index is -1.38. The van der Waals surface area contributed by atoms with Gasteiger partial charge in [0.1, 0.15) is 5.54 Å². The number of anilines is 1. The van der Waals surface area contributed by atoms with Gasteiger partial charge in [-0.2, -0.15) is 0 Å². The van der Waals surface area contributed by atoms with Crippen LogP contribution in [0.5, 0.6) is 0 Å². The third-order valence-corrected chi connectivity index (χ3v) is 5.82. The van der Waals surface area contributed by atoms with Gasteiger partial charge in [-0.1, -0.05) is 30.3 Å². The zero-order valence-corrected chi connectivity index (χ0v) is 16.7. The van der Waals surface area contributed by atoms with Crippen molar-refractivity contribution >= 4 is 23.5 Å². The summed E-state index contributed by atoms with van der Waals surface area (Å²) in [4.78, 5) is 45.6. The molecule has 1 aromatic heterocycles. The highest BCUT2D eigenvalue weighted by molar-refractivity contribution is 6.24. The van der Waals surface area contributed by atoms with E-state index in [1.165, 1.54) is 4.90 Å². The van der Waals surface area contributed by atoms with Crippen molar-refractivity contribution in [2.24, 2.45) is 11.8 Å². The maximum absolute atomic E-state index is 13.6. The number of rotatable bonds is 6. The monoisotopic (exact) mass is 405 g/mol. The number of hydrogen-bond donors (Lipinski definition) is 1. The van der Waals surface area contributed by atoms with E-state index in [-0.39, 0.29) is 18.9 Å². The van der Waals surface area contributed by atoms with Gasteiger partial charge in [-0.25, -0.2) is 4.90 Å². The maximum atomic E-state index is 13.6. The molecule has 3 heterocycles. The lowest BCUT2D eigenvalue weighted by atomic mass is 9.77. The minimum absolute atomic E-state index is 0.158. The van der Waals surface area contributed by atoms with E-state index in [1.54, 1.807) is 55.7 Å². The van der Waals surface area contributed by atoms with Crippen LogP contribution in [0.25, 0.3) is 0 Å². The molecule has 1 N–H and O–H groups in total. The molecule has 2 aliphatic heterocycles. The van der Waals surface area contributed by atoms with Crippen LogP contribution >= 0.6 is 0 Å². The first-order valence-electron chi connectivity index (χ1n) is 9.93. The molecule has 0 bridgehead atoms. The Hall–Kier alpha value is -3.32. The van der Waals surface area contributed by atoms with E-state index >= 15 is 0 Å². The van der Waals surface area contributed by atoms with Gasteiger partial charge in [0.2, 0.25) is 11.8 Å². The fourth-order valence-electron chi connectivity index (χ4n) is 4.63. The summed E-state index contributed by atoms with van der Waals surface area (Å²) in [7, 11) is 0. The predicted octanol–water partition coefficient (Wildman–Crippen LogP) is 2.41. The van der Waals surface area contributed by atoms with Gasteiger partial charge in [-0.05, 0) is 37.1 Å². The Morgan fingerprint density at radius 1 is 1.23 bits per heavy atom. The van der Waals surface area contributed by atoms with Crippen LogP contribution in [0.4, 0.5) is 5.69 Å². The normalized spacial score (nSPS) is 27.8. The van der Waals surface area contributed by atoms with Crippen molar-refractivity contribution in [3.05, 3.63) is 73.1 Å². The van der Waals surface area contributed by atoms with E-state index in [0.717, 1.165) is 5.56 Å². The van der Waals surface area contributed by atoms with Crippen molar-refractivity contribution in [3.8, 4) is 0 Å².